The maximum Gasteiger partial charge on any atom is 0.0827 e. The smallest absolute Gasteiger partial charge is 0.0827 e. The van der Waals surface area contributed by atoms with Crippen LogP contribution in [-0.4, -0.2) is 48.8 Å². The van der Waals surface area contributed by atoms with Crippen LogP contribution in [-0.2, 0) is 4.74 Å². The zero-order valence-electron chi connectivity index (χ0n) is 10.3. The normalized spacial score (nSPS) is 26.6. The van der Waals surface area contributed by atoms with E-state index in [4.69, 9.17) is 4.74 Å². The van der Waals surface area contributed by atoms with Crippen molar-refractivity contribution in [2.24, 2.45) is 0 Å². The lowest BCUT2D eigenvalue weighted by Gasteiger charge is -2.42. The summed E-state index contributed by atoms with van der Waals surface area (Å²) in [6.45, 7) is 11.4. The standard InChI is InChI=1S/C12H24N2O/c1-12(2,3)14-6-4-10(5-7-14)15-11-8-13-9-11/h10-11,13H,4-9H2,1-3H3. The van der Waals surface area contributed by atoms with Gasteiger partial charge in [0.2, 0.25) is 0 Å². The van der Waals surface area contributed by atoms with Gasteiger partial charge in [0, 0.05) is 31.7 Å². The molecule has 2 fully saturated rings. The number of ether oxygens (including phenoxy) is 1. The monoisotopic (exact) mass is 212 g/mol. The molecule has 0 atom stereocenters. The lowest BCUT2D eigenvalue weighted by Crippen LogP contribution is -2.53. The first kappa shape index (κ1) is 11.4. The molecular weight excluding hydrogens is 188 g/mol. The van der Waals surface area contributed by atoms with E-state index < -0.39 is 0 Å². The molecule has 0 aromatic heterocycles. The van der Waals surface area contributed by atoms with Crippen LogP contribution in [0.4, 0.5) is 0 Å². The number of nitrogens with zero attached hydrogens (tertiary/aromatic N) is 1. The highest BCUT2D eigenvalue weighted by molar-refractivity contribution is 4.84. The fourth-order valence-corrected chi connectivity index (χ4v) is 2.29. The van der Waals surface area contributed by atoms with Gasteiger partial charge in [-0.05, 0) is 33.6 Å². The molecule has 0 unspecified atom stereocenters. The molecular formula is C12H24N2O. The Labute approximate surface area is 93.2 Å². The van der Waals surface area contributed by atoms with Crippen molar-refractivity contribution in [2.45, 2.75) is 51.4 Å². The number of nitrogens with one attached hydrogen (secondary N) is 1. The second-order valence-electron chi connectivity index (χ2n) is 5.77. The molecule has 2 saturated heterocycles. The van der Waals surface area contributed by atoms with Gasteiger partial charge in [0.1, 0.15) is 0 Å². The molecule has 3 nitrogen and oxygen atoms in total. The molecule has 1 N–H and O–H groups in total. The van der Waals surface area contributed by atoms with Gasteiger partial charge in [-0.1, -0.05) is 0 Å². The highest BCUT2D eigenvalue weighted by Crippen LogP contribution is 2.22. The highest BCUT2D eigenvalue weighted by atomic mass is 16.5. The molecule has 15 heavy (non-hydrogen) atoms. The highest BCUT2D eigenvalue weighted by Gasteiger charge is 2.29. The number of likely N-dealkylation sites (tertiary alicyclic amines) is 1. The topological polar surface area (TPSA) is 24.5 Å². The van der Waals surface area contributed by atoms with Gasteiger partial charge in [0.05, 0.1) is 12.2 Å². The predicted molar refractivity (Wildman–Crippen MR) is 62.1 cm³/mol. The Morgan fingerprint density at radius 3 is 2.07 bits per heavy atom. The zero-order valence-corrected chi connectivity index (χ0v) is 10.3. The van der Waals surface area contributed by atoms with Gasteiger partial charge < -0.3 is 10.1 Å². The maximum atomic E-state index is 6.00. The third kappa shape index (κ3) is 2.92. The van der Waals surface area contributed by atoms with E-state index in [1.165, 1.54) is 25.9 Å². The quantitative estimate of drug-likeness (QED) is 0.745. The summed E-state index contributed by atoms with van der Waals surface area (Å²) in [6.07, 6.45) is 3.41. The van der Waals surface area contributed by atoms with Crippen molar-refractivity contribution in [3.05, 3.63) is 0 Å². The van der Waals surface area contributed by atoms with Crippen LogP contribution < -0.4 is 5.32 Å². The van der Waals surface area contributed by atoms with Crippen LogP contribution in [0.2, 0.25) is 0 Å². The summed E-state index contributed by atoms with van der Waals surface area (Å²) in [4.78, 5) is 2.56. The van der Waals surface area contributed by atoms with Gasteiger partial charge in [0.15, 0.2) is 0 Å². The Kier molecular flexibility index (Phi) is 3.33. The predicted octanol–water partition coefficient (Wildman–Crippen LogP) is 1.24. The Morgan fingerprint density at radius 1 is 1.07 bits per heavy atom. The van der Waals surface area contributed by atoms with Crippen molar-refractivity contribution in [3.63, 3.8) is 0 Å². The summed E-state index contributed by atoms with van der Waals surface area (Å²) in [5.74, 6) is 0. The molecule has 0 saturated carbocycles. The van der Waals surface area contributed by atoms with Crippen LogP contribution in [0.5, 0.6) is 0 Å². The minimum absolute atomic E-state index is 0.322. The van der Waals surface area contributed by atoms with Crippen molar-refractivity contribution in [3.8, 4) is 0 Å². The fraction of sp³-hybridized carbons (Fsp3) is 1.00. The molecule has 2 rings (SSSR count). The average molecular weight is 212 g/mol. The molecule has 2 heterocycles. The van der Waals surface area contributed by atoms with E-state index in [1.807, 2.05) is 0 Å². The average Bonchev–Trinajstić information content (AvgIpc) is 2.11. The second-order valence-corrected chi connectivity index (χ2v) is 5.77. The molecule has 0 radical (unpaired) electrons. The van der Waals surface area contributed by atoms with Gasteiger partial charge in [-0.3, -0.25) is 4.90 Å². The van der Waals surface area contributed by atoms with Crippen LogP contribution in [0.1, 0.15) is 33.6 Å². The summed E-state index contributed by atoms with van der Waals surface area (Å²) in [5, 5.41) is 3.25. The molecule has 0 bridgehead atoms. The summed E-state index contributed by atoms with van der Waals surface area (Å²) >= 11 is 0. The van der Waals surface area contributed by atoms with Crippen LogP contribution >= 0.6 is 0 Å². The first-order chi connectivity index (χ1) is 7.05. The van der Waals surface area contributed by atoms with Gasteiger partial charge in [-0.25, -0.2) is 0 Å². The third-order valence-corrected chi connectivity index (χ3v) is 3.52. The summed E-state index contributed by atoms with van der Waals surface area (Å²) < 4.78 is 6.00. The minimum atomic E-state index is 0.322. The van der Waals surface area contributed by atoms with Crippen molar-refractivity contribution in [1.29, 1.82) is 0 Å². The molecule has 0 spiro atoms. The third-order valence-electron chi connectivity index (χ3n) is 3.52. The first-order valence-electron chi connectivity index (χ1n) is 6.17. The number of piperidine rings is 1. The number of hydrogen-bond acceptors (Lipinski definition) is 3. The van der Waals surface area contributed by atoms with Crippen molar-refractivity contribution < 1.29 is 4.74 Å². The lowest BCUT2D eigenvalue weighted by atomic mass is 9.99. The Morgan fingerprint density at radius 2 is 1.67 bits per heavy atom. The van der Waals surface area contributed by atoms with Gasteiger partial charge in [-0.15, -0.1) is 0 Å². The van der Waals surface area contributed by atoms with E-state index in [0.717, 1.165) is 13.1 Å². The summed E-state index contributed by atoms with van der Waals surface area (Å²) in [7, 11) is 0. The van der Waals surface area contributed by atoms with Crippen LogP contribution in [0.15, 0.2) is 0 Å². The van der Waals surface area contributed by atoms with Crippen LogP contribution in [0, 0.1) is 0 Å². The van der Waals surface area contributed by atoms with E-state index in [1.54, 1.807) is 0 Å². The largest absolute Gasteiger partial charge is 0.372 e. The Bertz CT molecular complexity index is 200. The zero-order chi connectivity index (χ0) is 10.9. The molecule has 0 amide bonds. The van der Waals surface area contributed by atoms with Gasteiger partial charge in [-0.2, -0.15) is 0 Å². The second kappa shape index (κ2) is 4.40. The molecule has 0 aliphatic carbocycles. The van der Waals surface area contributed by atoms with Crippen molar-refractivity contribution >= 4 is 0 Å². The Balaban J connectivity index is 1.71. The van der Waals surface area contributed by atoms with Gasteiger partial charge in [0.25, 0.3) is 0 Å². The summed E-state index contributed by atoms with van der Waals surface area (Å²) in [6, 6.07) is 0. The van der Waals surface area contributed by atoms with Gasteiger partial charge >= 0.3 is 0 Å². The van der Waals surface area contributed by atoms with Crippen LogP contribution in [0.25, 0.3) is 0 Å². The van der Waals surface area contributed by atoms with E-state index >= 15 is 0 Å². The molecule has 2 aliphatic rings. The number of rotatable bonds is 2. The van der Waals surface area contributed by atoms with E-state index in [2.05, 4.69) is 31.0 Å². The molecule has 3 heteroatoms. The first-order valence-corrected chi connectivity index (χ1v) is 6.17. The maximum absolute atomic E-state index is 6.00. The van der Waals surface area contributed by atoms with Crippen molar-refractivity contribution in [2.75, 3.05) is 26.2 Å². The molecule has 88 valence electrons. The molecule has 2 aliphatic heterocycles. The van der Waals surface area contributed by atoms with E-state index in [0.29, 0.717) is 17.7 Å². The van der Waals surface area contributed by atoms with E-state index in [-0.39, 0.29) is 0 Å². The summed E-state index contributed by atoms with van der Waals surface area (Å²) in [5.41, 5.74) is 0.322. The van der Waals surface area contributed by atoms with Crippen molar-refractivity contribution in [1.82, 2.24) is 10.2 Å². The molecule has 0 aromatic carbocycles. The van der Waals surface area contributed by atoms with Crippen LogP contribution in [0.3, 0.4) is 0 Å². The fourth-order valence-electron chi connectivity index (χ4n) is 2.29. The van der Waals surface area contributed by atoms with E-state index in [9.17, 15) is 0 Å². The lowest BCUT2D eigenvalue weighted by molar-refractivity contribution is -0.0706. The molecule has 0 aromatic rings. The minimum Gasteiger partial charge on any atom is -0.372 e. The Hall–Kier alpha value is -0.120. The SMILES string of the molecule is CC(C)(C)N1CCC(OC2CNC2)CC1. The number of hydrogen-bond donors (Lipinski definition) is 1.